The molecule has 0 spiro atoms. The van der Waals surface area contributed by atoms with Gasteiger partial charge in [-0.3, -0.25) is 14.2 Å². The quantitative estimate of drug-likeness (QED) is 0.508. The smallest absolute Gasteiger partial charge is 0.263 e. The van der Waals surface area contributed by atoms with Crippen LogP contribution in [0.2, 0.25) is 5.02 Å². The second kappa shape index (κ2) is 8.11. The standard InChI is InChI=1S/C22H15ClN4O2S/c1-13-19(14-5-3-2-4-6-14)20-21(30-13)25-12-27(22(20)29)11-18(28)26-16-8-7-15(10-24)17(23)9-16/h2-9,12H,11H2,1H3,(H,26,28). The Morgan fingerprint density at radius 1 is 1.27 bits per heavy atom. The maximum atomic E-state index is 13.2. The van der Waals surface area contributed by atoms with E-state index in [2.05, 4.69) is 10.3 Å². The first-order chi connectivity index (χ1) is 14.5. The van der Waals surface area contributed by atoms with Gasteiger partial charge in [-0.15, -0.1) is 11.3 Å². The van der Waals surface area contributed by atoms with Crippen LogP contribution in [0.4, 0.5) is 5.69 Å². The van der Waals surface area contributed by atoms with Gasteiger partial charge in [-0.05, 0) is 30.7 Å². The summed E-state index contributed by atoms with van der Waals surface area (Å²) in [7, 11) is 0. The molecule has 4 rings (SSSR count). The number of aryl methyl sites for hydroxylation is 1. The fourth-order valence-electron chi connectivity index (χ4n) is 3.24. The van der Waals surface area contributed by atoms with Gasteiger partial charge in [0, 0.05) is 16.1 Å². The molecule has 0 aliphatic heterocycles. The highest BCUT2D eigenvalue weighted by molar-refractivity contribution is 7.19. The third kappa shape index (κ3) is 3.71. The first-order valence-electron chi connectivity index (χ1n) is 9.01. The zero-order chi connectivity index (χ0) is 21.3. The minimum absolute atomic E-state index is 0.192. The lowest BCUT2D eigenvalue weighted by atomic mass is 10.0. The average molecular weight is 435 g/mol. The molecular formula is C22H15ClN4O2S. The molecule has 0 aliphatic rings. The van der Waals surface area contributed by atoms with Crippen LogP contribution in [-0.2, 0) is 11.3 Å². The normalized spacial score (nSPS) is 10.7. The van der Waals surface area contributed by atoms with Crippen LogP contribution in [0.3, 0.4) is 0 Å². The Morgan fingerprint density at radius 2 is 2.03 bits per heavy atom. The first-order valence-corrected chi connectivity index (χ1v) is 10.2. The summed E-state index contributed by atoms with van der Waals surface area (Å²) in [5.74, 6) is -0.396. The fraction of sp³-hybridized carbons (Fsp3) is 0.0909. The molecule has 0 atom stereocenters. The van der Waals surface area contributed by atoms with Gasteiger partial charge in [0.1, 0.15) is 17.4 Å². The molecule has 2 heterocycles. The highest BCUT2D eigenvalue weighted by Gasteiger charge is 2.17. The first kappa shape index (κ1) is 19.8. The predicted molar refractivity (Wildman–Crippen MR) is 119 cm³/mol. The zero-order valence-electron chi connectivity index (χ0n) is 15.8. The number of anilines is 1. The summed E-state index contributed by atoms with van der Waals surface area (Å²) in [6, 6.07) is 16.2. The van der Waals surface area contributed by atoms with E-state index in [-0.39, 0.29) is 17.1 Å². The van der Waals surface area contributed by atoms with Crippen LogP contribution in [0, 0.1) is 18.3 Å². The Labute approximate surface area is 181 Å². The predicted octanol–water partition coefficient (Wildman–Crippen LogP) is 4.60. The molecule has 0 bridgehead atoms. The number of nitriles is 1. The van der Waals surface area contributed by atoms with E-state index in [4.69, 9.17) is 16.9 Å². The van der Waals surface area contributed by atoms with E-state index in [0.29, 0.717) is 21.5 Å². The largest absolute Gasteiger partial charge is 0.324 e. The van der Waals surface area contributed by atoms with E-state index in [9.17, 15) is 9.59 Å². The zero-order valence-corrected chi connectivity index (χ0v) is 17.4. The number of fused-ring (bicyclic) bond motifs is 1. The van der Waals surface area contributed by atoms with Gasteiger partial charge in [0.25, 0.3) is 5.56 Å². The molecule has 30 heavy (non-hydrogen) atoms. The molecular weight excluding hydrogens is 420 g/mol. The van der Waals surface area contributed by atoms with Gasteiger partial charge in [0.05, 0.1) is 22.3 Å². The Bertz CT molecular complexity index is 1370. The number of carbonyl (C=O) groups is 1. The van der Waals surface area contributed by atoms with Crippen molar-refractivity contribution in [2.75, 3.05) is 5.32 Å². The Balaban J connectivity index is 1.66. The number of amides is 1. The number of carbonyl (C=O) groups excluding carboxylic acids is 1. The monoisotopic (exact) mass is 434 g/mol. The summed E-state index contributed by atoms with van der Waals surface area (Å²) in [4.78, 5) is 31.7. The van der Waals surface area contributed by atoms with Crippen LogP contribution in [0.1, 0.15) is 10.4 Å². The van der Waals surface area contributed by atoms with E-state index in [1.165, 1.54) is 34.4 Å². The van der Waals surface area contributed by atoms with Crippen molar-refractivity contribution < 1.29 is 4.79 Å². The summed E-state index contributed by atoms with van der Waals surface area (Å²) >= 11 is 7.46. The Morgan fingerprint density at radius 3 is 2.73 bits per heavy atom. The summed E-state index contributed by atoms with van der Waals surface area (Å²) in [6.07, 6.45) is 1.39. The topological polar surface area (TPSA) is 87.8 Å². The molecule has 0 fully saturated rings. The molecule has 8 heteroatoms. The molecule has 1 amide bonds. The molecule has 148 valence electrons. The second-order valence-electron chi connectivity index (χ2n) is 6.61. The molecule has 0 saturated heterocycles. The lowest BCUT2D eigenvalue weighted by molar-refractivity contribution is -0.116. The van der Waals surface area contributed by atoms with Crippen molar-refractivity contribution >= 4 is 44.7 Å². The van der Waals surface area contributed by atoms with E-state index >= 15 is 0 Å². The maximum Gasteiger partial charge on any atom is 0.263 e. The minimum Gasteiger partial charge on any atom is -0.324 e. The summed E-state index contributed by atoms with van der Waals surface area (Å²) in [5, 5.41) is 12.4. The van der Waals surface area contributed by atoms with Crippen LogP contribution >= 0.6 is 22.9 Å². The molecule has 4 aromatic rings. The van der Waals surface area contributed by atoms with Crippen LogP contribution in [-0.4, -0.2) is 15.5 Å². The highest BCUT2D eigenvalue weighted by atomic mass is 35.5. The second-order valence-corrected chi connectivity index (χ2v) is 8.22. The van der Waals surface area contributed by atoms with Crippen LogP contribution in [0.15, 0.2) is 59.7 Å². The maximum absolute atomic E-state index is 13.2. The average Bonchev–Trinajstić information content (AvgIpc) is 3.07. The molecule has 0 aliphatic carbocycles. The minimum atomic E-state index is -0.396. The molecule has 0 radical (unpaired) electrons. The number of hydrogen-bond donors (Lipinski definition) is 1. The van der Waals surface area contributed by atoms with E-state index < -0.39 is 5.91 Å². The third-order valence-electron chi connectivity index (χ3n) is 4.60. The van der Waals surface area contributed by atoms with Gasteiger partial charge in [-0.2, -0.15) is 5.26 Å². The lowest BCUT2D eigenvalue weighted by Gasteiger charge is -2.08. The van der Waals surface area contributed by atoms with Crippen molar-refractivity contribution in [1.82, 2.24) is 9.55 Å². The molecule has 1 N–H and O–H groups in total. The van der Waals surface area contributed by atoms with E-state index in [1.807, 2.05) is 43.3 Å². The van der Waals surface area contributed by atoms with E-state index in [1.54, 1.807) is 6.07 Å². The SMILES string of the molecule is Cc1sc2ncn(CC(=O)Nc3ccc(C#N)c(Cl)c3)c(=O)c2c1-c1ccccc1. The van der Waals surface area contributed by atoms with Crippen LogP contribution in [0.25, 0.3) is 21.3 Å². The van der Waals surface area contributed by atoms with Crippen molar-refractivity contribution in [3.8, 4) is 17.2 Å². The number of hydrogen-bond acceptors (Lipinski definition) is 5. The van der Waals surface area contributed by atoms with E-state index in [0.717, 1.165) is 16.0 Å². The van der Waals surface area contributed by atoms with Crippen LogP contribution < -0.4 is 10.9 Å². The highest BCUT2D eigenvalue weighted by Crippen LogP contribution is 2.35. The van der Waals surface area contributed by atoms with Crippen molar-refractivity contribution in [2.45, 2.75) is 13.5 Å². The number of aromatic nitrogens is 2. The van der Waals surface area contributed by atoms with Crippen molar-refractivity contribution in [3.05, 3.63) is 80.7 Å². The van der Waals surface area contributed by atoms with Gasteiger partial charge >= 0.3 is 0 Å². The van der Waals surface area contributed by atoms with Gasteiger partial charge < -0.3 is 5.32 Å². The number of nitrogens with zero attached hydrogens (tertiary/aromatic N) is 3. The number of nitrogens with one attached hydrogen (secondary N) is 1. The summed E-state index contributed by atoms with van der Waals surface area (Å²) in [6.45, 7) is 1.77. The number of thiophene rings is 1. The lowest BCUT2D eigenvalue weighted by Crippen LogP contribution is -2.27. The van der Waals surface area contributed by atoms with Crippen molar-refractivity contribution in [3.63, 3.8) is 0 Å². The molecule has 0 saturated carbocycles. The fourth-order valence-corrected chi connectivity index (χ4v) is 4.47. The van der Waals surface area contributed by atoms with Gasteiger partial charge in [-0.1, -0.05) is 41.9 Å². The van der Waals surface area contributed by atoms with Gasteiger partial charge in [0.2, 0.25) is 5.91 Å². The van der Waals surface area contributed by atoms with Crippen LogP contribution in [0.5, 0.6) is 0 Å². The number of rotatable bonds is 4. The third-order valence-corrected chi connectivity index (χ3v) is 5.93. The molecule has 2 aromatic heterocycles. The van der Waals surface area contributed by atoms with Gasteiger partial charge in [-0.25, -0.2) is 4.98 Å². The summed E-state index contributed by atoms with van der Waals surface area (Å²) in [5.41, 5.74) is 2.29. The molecule has 0 unspecified atom stereocenters. The summed E-state index contributed by atoms with van der Waals surface area (Å²) < 4.78 is 1.29. The molecule has 6 nitrogen and oxygen atoms in total. The molecule has 2 aromatic carbocycles. The number of halogens is 1. The Hall–Kier alpha value is -3.47. The van der Waals surface area contributed by atoms with Crippen molar-refractivity contribution in [1.29, 1.82) is 5.26 Å². The Kier molecular flexibility index (Phi) is 5.36. The number of benzene rings is 2. The van der Waals surface area contributed by atoms with Gasteiger partial charge in [0.15, 0.2) is 0 Å². The van der Waals surface area contributed by atoms with Crippen molar-refractivity contribution in [2.24, 2.45) is 0 Å².